The molecule has 0 aromatic carbocycles. The smallest absolute Gasteiger partial charge is 0.338 e. The number of rotatable bonds is 6. The molecule has 2 rings (SSSR count). The van der Waals surface area contributed by atoms with E-state index in [0.717, 1.165) is 7.11 Å². The molecule has 0 aliphatic heterocycles. The lowest BCUT2D eigenvalue weighted by molar-refractivity contribution is -0.157. The first-order valence-corrected chi connectivity index (χ1v) is 9.65. The third kappa shape index (κ3) is 2.82. The summed E-state index contributed by atoms with van der Waals surface area (Å²) in [5, 5.41) is 11.0. The van der Waals surface area contributed by atoms with Gasteiger partial charge >= 0.3 is 23.9 Å². The molecule has 0 saturated heterocycles. The standard InChI is InChI=1S/C21H28O9/c1-8-29-18(25)12-10(3)11(16(23)27-6)20(4)14(19(26)30-9-2)15(22)13(17(24)28-7)21(12,20)5/h11,13,22H,8-9H2,1-7H3/t11?,13?,20-,21+/m1/s1. The Hall–Kier alpha value is -2.84. The third-order valence-corrected chi connectivity index (χ3v) is 6.46. The van der Waals surface area contributed by atoms with E-state index in [-0.39, 0.29) is 24.4 Å². The van der Waals surface area contributed by atoms with Crippen molar-refractivity contribution in [1.82, 2.24) is 0 Å². The molecule has 0 fully saturated rings. The molecule has 0 aromatic heterocycles. The van der Waals surface area contributed by atoms with Gasteiger partial charge in [-0.3, -0.25) is 9.59 Å². The summed E-state index contributed by atoms with van der Waals surface area (Å²) in [6, 6.07) is 0. The lowest BCUT2D eigenvalue weighted by atomic mass is 9.58. The molecule has 4 atom stereocenters. The number of ether oxygens (including phenoxy) is 4. The Labute approximate surface area is 175 Å². The fraction of sp³-hybridized carbons (Fsp3) is 0.619. The highest BCUT2D eigenvalue weighted by Gasteiger charge is 2.75. The van der Waals surface area contributed by atoms with E-state index in [4.69, 9.17) is 18.9 Å². The Morgan fingerprint density at radius 3 is 1.67 bits per heavy atom. The second kappa shape index (κ2) is 8.12. The minimum Gasteiger partial charge on any atom is -0.511 e. The van der Waals surface area contributed by atoms with Gasteiger partial charge in [0.2, 0.25) is 0 Å². The molecule has 9 nitrogen and oxygen atoms in total. The highest BCUT2D eigenvalue weighted by Crippen LogP contribution is 2.71. The summed E-state index contributed by atoms with van der Waals surface area (Å²) in [5.74, 6) is -6.36. The summed E-state index contributed by atoms with van der Waals surface area (Å²) in [4.78, 5) is 51.5. The van der Waals surface area contributed by atoms with E-state index in [1.165, 1.54) is 21.0 Å². The predicted octanol–water partition coefficient (Wildman–Crippen LogP) is 1.86. The highest BCUT2D eigenvalue weighted by molar-refractivity contribution is 6.03. The van der Waals surface area contributed by atoms with Gasteiger partial charge < -0.3 is 24.1 Å². The molecular weight excluding hydrogens is 396 g/mol. The third-order valence-electron chi connectivity index (χ3n) is 6.46. The summed E-state index contributed by atoms with van der Waals surface area (Å²) in [7, 11) is 2.31. The Balaban J connectivity index is 2.94. The number of methoxy groups -OCH3 is 2. The van der Waals surface area contributed by atoms with Crippen molar-refractivity contribution in [3.8, 4) is 0 Å². The molecule has 0 spiro atoms. The first-order chi connectivity index (χ1) is 14.0. The summed E-state index contributed by atoms with van der Waals surface area (Å²) in [6.07, 6.45) is 0. The Bertz CT molecular complexity index is 783. The summed E-state index contributed by atoms with van der Waals surface area (Å²) < 4.78 is 20.2. The van der Waals surface area contributed by atoms with Crippen LogP contribution in [0, 0.1) is 22.7 Å². The van der Waals surface area contributed by atoms with Crippen LogP contribution in [0.3, 0.4) is 0 Å². The van der Waals surface area contributed by atoms with Gasteiger partial charge in [0.15, 0.2) is 0 Å². The number of carbonyl (C=O) groups is 4. The molecule has 0 aromatic rings. The van der Waals surface area contributed by atoms with E-state index in [1.807, 2.05) is 0 Å². The second-order valence-electron chi connectivity index (χ2n) is 7.58. The van der Waals surface area contributed by atoms with Crippen molar-refractivity contribution in [2.45, 2.75) is 34.6 Å². The Kier molecular flexibility index (Phi) is 6.34. The number of hydrogen-bond donors (Lipinski definition) is 1. The number of aliphatic hydroxyl groups is 1. The molecule has 2 aliphatic carbocycles. The zero-order valence-electron chi connectivity index (χ0n) is 18.3. The van der Waals surface area contributed by atoms with Crippen LogP contribution in [-0.2, 0) is 38.1 Å². The normalized spacial score (nSPS) is 30.1. The second-order valence-corrected chi connectivity index (χ2v) is 7.58. The minimum absolute atomic E-state index is 0.00529. The molecule has 0 radical (unpaired) electrons. The van der Waals surface area contributed by atoms with Gasteiger partial charge in [0.05, 0.1) is 38.9 Å². The van der Waals surface area contributed by atoms with E-state index < -0.39 is 52.3 Å². The molecule has 166 valence electrons. The van der Waals surface area contributed by atoms with Crippen LogP contribution in [0.5, 0.6) is 0 Å². The number of fused-ring (bicyclic) bond motifs is 1. The van der Waals surface area contributed by atoms with Gasteiger partial charge in [-0.25, -0.2) is 9.59 Å². The number of carbonyl (C=O) groups excluding carboxylic acids is 4. The van der Waals surface area contributed by atoms with Gasteiger partial charge in [-0.2, -0.15) is 0 Å². The van der Waals surface area contributed by atoms with Crippen LogP contribution in [0.15, 0.2) is 22.5 Å². The highest BCUT2D eigenvalue weighted by atomic mass is 16.5. The lowest BCUT2D eigenvalue weighted by Crippen LogP contribution is -2.48. The maximum atomic E-state index is 13.0. The summed E-state index contributed by atoms with van der Waals surface area (Å²) in [6.45, 7) is 7.89. The molecule has 30 heavy (non-hydrogen) atoms. The molecule has 0 saturated carbocycles. The van der Waals surface area contributed by atoms with Gasteiger partial charge in [0, 0.05) is 16.4 Å². The van der Waals surface area contributed by atoms with Gasteiger partial charge in [0.25, 0.3) is 0 Å². The maximum absolute atomic E-state index is 13.0. The van der Waals surface area contributed by atoms with Crippen LogP contribution in [0.1, 0.15) is 34.6 Å². The molecule has 2 unspecified atom stereocenters. The zero-order valence-corrected chi connectivity index (χ0v) is 18.3. The average molecular weight is 424 g/mol. The Morgan fingerprint density at radius 1 is 0.833 bits per heavy atom. The predicted molar refractivity (Wildman–Crippen MR) is 103 cm³/mol. The topological polar surface area (TPSA) is 125 Å². The van der Waals surface area contributed by atoms with E-state index in [0.29, 0.717) is 5.57 Å². The van der Waals surface area contributed by atoms with Crippen molar-refractivity contribution in [2.24, 2.45) is 22.7 Å². The van der Waals surface area contributed by atoms with Crippen molar-refractivity contribution >= 4 is 23.9 Å². The molecule has 9 heteroatoms. The van der Waals surface area contributed by atoms with Crippen molar-refractivity contribution in [2.75, 3.05) is 27.4 Å². The van der Waals surface area contributed by atoms with Crippen LogP contribution in [0.2, 0.25) is 0 Å². The number of hydrogen-bond acceptors (Lipinski definition) is 9. The van der Waals surface area contributed by atoms with Gasteiger partial charge in [0.1, 0.15) is 11.7 Å². The molecule has 0 amide bonds. The van der Waals surface area contributed by atoms with E-state index in [2.05, 4.69) is 0 Å². The van der Waals surface area contributed by atoms with Gasteiger partial charge in [-0.05, 0) is 26.3 Å². The van der Waals surface area contributed by atoms with Crippen LogP contribution in [0.4, 0.5) is 0 Å². The average Bonchev–Trinajstić information content (AvgIpc) is 2.96. The van der Waals surface area contributed by atoms with Crippen molar-refractivity contribution < 1.29 is 43.2 Å². The zero-order chi connectivity index (χ0) is 23.0. The molecule has 1 N–H and O–H groups in total. The number of aliphatic hydroxyl groups excluding tert-OH is 1. The van der Waals surface area contributed by atoms with Crippen molar-refractivity contribution in [3.63, 3.8) is 0 Å². The molecule has 0 heterocycles. The monoisotopic (exact) mass is 424 g/mol. The van der Waals surface area contributed by atoms with Crippen LogP contribution < -0.4 is 0 Å². The molecule has 0 bridgehead atoms. The quantitative estimate of drug-likeness (QED) is 0.502. The molecular formula is C21H28O9. The van der Waals surface area contributed by atoms with E-state index in [9.17, 15) is 24.3 Å². The van der Waals surface area contributed by atoms with Crippen molar-refractivity contribution in [1.29, 1.82) is 0 Å². The fourth-order valence-corrected chi connectivity index (χ4v) is 5.17. The van der Waals surface area contributed by atoms with Gasteiger partial charge in [-0.15, -0.1) is 0 Å². The Morgan fingerprint density at radius 2 is 1.23 bits per heavy atom. The lowest BCUT2D eigenvalue weighted by Gasteiger charge is -2.42. The van der Waals surface area contributed by atoms with Crippen molar-refractivity contribution in [3.05, 3.63) is 22.5 Å². The van der Waals surface area contributed by atoms with Crippen LogP contribution in [0.25, 0.3) is 0 Å². The SMILES string of the molecule is CCOC(=O)C1=C(C)C(C(=O)OC)[C@]2(C)C(C(=O)OCC)=C(O)C(C(=O)OC)[C@]12C. The number of esters is 4. The minimum atomic E-state index is -1.53. The van der Waals surface area contributed by atoms with Crippen LogP contribution in [-0.4, -0.2) is 56.4 Å². The maximum Gasteiger partial charge on any atom is 0.338 e. The fourth-order valence-electron chi connectivity index (χ4n) is 5.17. The largest absolute Gasteiger partial charge is 0.511 e. The summed E-state index contributed by atoms with van der Waals surface area (Å²) >= 11 is 0. The molecule has 2 aliphatic rings. The van der Waals surface area contributed by atoms with Gasteiger partial charge in [-0.1, -0.05) is 13.8 Å². The summed E-state index contributed by atoms with van der Waals surface area (Å²) in [5.41, 5.74) is -2.98. The van der Waals surface area contributed by atoms with E-state index >= 15 is 0 Å². The first kappa shape index (κ1) is 23.4. The van der Waals surface area contributed by atoms with E-state index in [1.54, 1.807) is 20.8 Å². The van der Waals surface area contributed by atoms with Crippen LogP contribution >= 0.6 is 0 Å². The first-order valence-electron chi connectivity index (χ1n) is 9.65.